The number of piperidine rings is 1. The zero-order valence-corrected chi connectivity index (χ0v) is 19.6. The smallest absolute Gasteiger partial charge is 0.255 e. The second-order valence-corrected chi connectivity index (χ2v) is 8.97. The predicted octanol–water partition coefficient (Wildman–Crippen LogP) is 2.49. The summed E-state index contributed by atoms with van der Waals surface area (Å²) in [5, 5.41) is 3.93. The second kappa shape index (κ2) is 9.71. The molecule has 3 amide bonds. The van der Waals surface area contributed by atoms with Gasteiger partial charge in [-0.1, -0.05) is 42.5 Å². The molecule has 1 fully saturated rings. The van der Waals surface area contributed by atoms with Crippen molar-refractivity contribution in [3.63, 3.8) is 0 Å². The normalized spacial score (nSPS) is 17.1. The maximum Gasteiger partial charge on any atom is 0.255 e. The molecule has 0 radical (unpaired) electrons. The first-order valence-corrected chi connectivity index (χ1v) is 11.7. The lowest BCUT2D eigenvalue weighted by Gasteiger charge is -2.29. The quantitative estimate of drug-likeness (QED) is 0.203. The number of benzene rings is 3. The monoisotopic (exact) mass is 485 g/mol. The molecule has 5 rings (SSSR count). The Hall–Kier alpha value is -4.37. The number of rotatable bonds is 7. The van der Waals surface area contributed by atoms with Gasteiger partial charge in [0.25, 0.3) is 5.91 Å². The van der Waals surface area contributed by atoms with Crippen LogP contribution in [0.4, 0.5) is 11.4 Å². The number of para-hydroxylation sites is 2. The summed E-state index contributed by atoms with van der Waals surface area (Å²) in [5.74, 6) is 5.85. The molecular formula is C27H27N5O4. The Labute approximate surface area is 208 Å². The number of ether oxygens (including phenoxy) is 1. The highest BCUT2D eigenvalue weighted by molar-refractivity contribution is 6.05. The third kappa shape index (κ3) is 4.60. The van der Waals surface area contributed by atoms with Gasteiger partial charge in [-0.15, -0.1) is 0 Å². The number of nitrogens with one attached hydrogen (secondary N) is 1. The third-order valence-electron chi connectivity index (χ3n) is 6.56. The molecule has 2 aliphatic rings. The second-order valence-electron chi connectivity index (χ2n) is 8.97. The molecular weight excluding hydrogens is 458 g/mol. The van der Waals surface area contributed by atoms with Gasteiger partial charge in [-0.2, -0.15) is 0 Å². The molecule has 36 heavy (non-hydrogen) atoms. The fourth-order valence-electron chi connectivity index (χ4n) is 4.63. The first kappa shape index (κ1) is 23.4. The molecule has 9 nitrogen and oxygen atoms in total. The summed E-state index contributed by atoms with van der Waals surface area (Å²) in [6.07, 6.45) is 0.542. The number of carbonyl (C=O) groups excluding carboxylic acids is 3. The Balaban J connectivity index is 1.23. The molecule has 184 valence electrons. The molecule has 0 spiro atoms. The standard InChI is InChI=1S/C27H27N5O4/c28-21-5-1-2-6-22(21)32(29)14-17-8-10-18(11-9-17)16-36-24-7-3-4-19-20(24)15-31(27(19)35)23-12-13-25(33)30-26(23)34/h1-11,23H,12-16,28-29H2,(H,30,33,34). The minimum Gasteiger partial charge on any atom is -0.489 e. The summed E-state index contributed by atoms with van der Waals surface area (Å²) in [6.45, 7) is 1.09. The lowest BCUT2D eigenvalue weighted by atomic mass is 10.0. The number of hydrogen-bond donors (Lipinski definition) is 3. The number of imide groups is 1. The first-order valence-electron chi connectivity index (χ1n) is 11.7. The van der Waals surface area contributed by atoms with Gasteiger partial charge in [0.05, 0.1) is 24.5 Å². The molecule has 9 heteroatoms. The van der Waals surface area contributed by atoms with E-state index in [0.717, 1.165) is 22.4 Å². The average molecular weight is 486 g/mol. The number of nitrogens with two attached hydrogens (primary N) is 2. The van der Waals surface area contributed by atoms with Gasteiger partial charge in [-0.25, -0.2) is 5.84 Å². The third-order valence-corrected chi connectivity index (χ3v) is 6.56. The highest BCUT2D eigenvalue weighted by atomic mass is 16.5. The largest absolute Gasteiger partial charge is 0.489 e. The number of nitrogens with zero attached hydrogens (tertiary/aromatic N) is 2. The minimum absolute atomic E-state index is 0.219. The number of anilines is 2. The van der Waals surface area contributed by atoms with E-state index in [1.807, 2.05) is 54.6 Å². The summed E-state index contributed by atoms with van der Waals surface area (Å²) < 4.78 is 6.08. The number of hydrogen-bond acceptors (Lipinski definition) is 7. The van der Waals surface area contributed by atoms with Gasteiger partial charge in [0, 0.05) is 17.5 Å². The molecule has 0 aliphatic carbocycles. The molecule has 2 heterocycles. The molecule has 1 atom stereocenters. The summed E-state index contributed by atoms with van der Waals surface area (Å²) in [4.78, 5) is 38.3. The van der Waals surface area contributed by atoms with E-state index in [1.54, 1.807) is 17.1 Å². The van der Waals surface area contributed by atoms with Crippen molar-refractivity contribution >= 4 is 29.1 Å². The number of fused-ring (bicyclic) bond motifs is 1. The van der Waals surface area contributed by atoms with Crippen LogP contribution >= 0.6 is 0 Å². The molecule has 2 aliphatic heterocycles. The van der Waals surface area contributed by atoms with E-state index in [0.29, 0.717) is 36.6 Å². The van der Waals surface area contributed by atoms with E-state index in [1.165, 1.54) is 4.90 Å². The molecule has 0 bridgehead atoms. The fourth-order valence-corrected chi connectivity index (χ4v) is 4.63. The van der Waals surface area contributed by atoms with E-state index in [4.69, 9.17) is 16.3 Å². The highest BCUT2D eigenvalue weighted by Crippen LogP contribution is 2.34. The summed E-state index contributed by atoms with van der Waals surface area (Å²) >= 11 is 0. The molecule has 0 aromatic heterocycles. The van der Waals surface area contributed by atoms with Crippen LogP contribution in [0.2, 0.25) is 0 Å². The maximum absolute atomic E-state index is 13.0. The number of nitrogen functional groups attached to an aromatic ring is 1. The van der Waals surface area contributed by atoms with Crippen molar-refractivity contribution in [3.8, 4) is 5.75 Å². The van der Waals surface area contributed by atoms with Crippen molar-refractivity contribution in [1.82, 2.24) is 10.2 Å². The van der Waals surface area contributed by atoms with Crippen LogP contribution in [0.25, 0.3) is 0 Å². The van der Waals surface area contributed by atoms with Gasteiger partial charge >= 0.3 is 0 Å². The number of hydrazine groups is 1. The zero-order chi connectivity index (χ0) is 25.2. The van der Waals surface area contributed by atoms with E-state index in [-0.39, 0.29) is 24.8 Å². The molecule has 0 saturated carbocycles. The summed E-state index contributed by atoms with van der Waals surface area (Å²) in [7, 11) is 0. The van der Waals surface area contributed by atoms with Gasteiger partial charge < -0.3 is 20.4 Å². The van der Waals surface area contributed by atoms with Crippen LogP contribution in [0.5, 0.6) is 5.75 Å². The summed E-state index contributed by atoms with van der Waals surface area (Å²) in [5.41, 5.74) is 10.7. The molecule has 1 unspecified atom stereocenters. The SMILES string of the molecule is Nc1ccccc1N(N)Cc1ccc(COc2cccc3c2CN(C2CCC(=O)NC2=O)C3=O)cc1. The Morgan fingerprint density at radius 1 is 0.972 bits per heavy atom. The topological polar surface area (TPSA) is 131 Å². The minimum atomic E-state index is -0.656. The van der Waals surface area contributed by atoms with Crippen LogP contribution < -0.4 is 26.6 Å². The van der Waals surface area contributed by atoms with Crippen LogP contribution in [-0.4, -0.2) is 28.7 Å². The number of carbonyl (C=O) groups is 3. The van der Waals surface area contributed by atoms with Gasteiger partial charge in [0.2, 0.25) is 11.8 Å². The zero-order valence-electron chi connectivity index (χ0n) is 19.6. The van der Waals surface area contributed by atoms with Crippen molar-refractivity contribution in [1.29, 1.82) is 0 Å². The Bertz CT molecular complexity index is 1320. The van der Waals surface area contributed by atoms with Crippen LogP contribution in [0.1, 0.15) is 39.9 Å². The molecule has 3 aromatic rings. The van der Waals surface area contributed by atoms with E-state index in [2.05, 4.69) is 5.32 Å². The van der Waals surface area contributed by atoms with Crippen molar-refractivity contribution in [2.75, 3.05) is 10.7 Å². The molecule has 5 N–H and O–H groups in total. The maximum atomic E-state index is 13.0. The van der Waals surface area contributed by atoms with Crippen molar-refractivity contribution in [2.45, 2.75) is 38.6 Å². The Kier molecular flexibility index (Phi) is 6.30. The number of amides is 3. The van der Waals surface area contributed by atoms with Crippen LogP contribution in [0, 0.1) is 0 Å². The highest BCUT2D eigenvalue weighted by Gasteiger charge is 2.40. The van der Waals surface area contributed by atoms with Gasteiger partial charge in [0.1, 0.15) is 18.4 Å². The van der Waals surface area contributed by atoms with E-state index in [9.17, 15) is 14.4 Å². The Morgan fingerprint density at radius 3 is 2.47 bits per heavy atom. The van der Waals surface area contributed by atoms with Gasteiger partial charge in [-0.3, -0.25) is 19.7 Å². The van der Waals surface area contributed by atoms with Crippen molar-refractivity contribution < 1.29 is 19.1 Å². The van der Waals surface area contributed by atoms with E-state index < -0.39 is 11.9 Å². The van der Waals surface area contributed by atoms with Crippen LogP contribution in [-0.2, 0) is 29.3 Å². The molecule has 1 saturated heterocycles. The predicted molar refractivity (Wildman–Crippen MR) is 134 cm³/mol. The lowest BCUT2D eigenvalue weighted by molar-refractivity contribution is -0.136. The van der Waals surface area contributed by atoms with Crippen LogP contribution in [0.15, 0.2) is 66.7 Å². The lowest BCUT2D eigenvalue weighted by Crippen LogP contribution is -2.52. The fraction of sp³-hybridized carbons (Fsp3) is 0.222. The van der Waals surface area contributed by atoms with Gasteiger partial charge in [-0.05, 0) is 41.8 Å². The van der Waals surface area contributed by atoms with E-state index >= 15 is 0 Å². The van der Waals surface area contributed by atoms with Crippen molar-refractivity contribution in [3.05, 3.63) is 89.0 Å². The van der Waals surface area contributed by atoms with Crippen molar-refractivity contribution in [2.24, 2.45) is 5.84 Å². The summed E-state index contributed by atoms with van der Waals surface area (Å²) in [6, 6.07) is 20.1. The average Bonchev–Trinajstić information content (AvgIpc) is 3.20. The Morgan fingerprint density at radius 2 is 1.72 bits per heavy atom. The van der Waals surface area contributed by atoms with Gasteiger partial charge in [0.15, 0.2) is 0 Å². The van der Waals surface area contributed by atoms with Crippen LogP contribution in [0.3, 0.4) is 0 Å². The first-order chi connectivity index (χ1) is 17.4. The molecule has 3 aromatic carbocycles.